The van der Waals surface area contributed by atoms with Crippen LogP contribution in [0.25, 0.3) is 0 Å². The summed E-state index contributed by atoms with van der Waals surface area (Å²) < 4.78 is 27.9. The van der Waals surface area contributed by atoms with Crippen molar-refractivity contribution < 1.29 is 8.78 Å². The number of hydrogen-bond acceptors (Lipinski definition) is 2. The van der Waals surface area contributed by atoms with Crippen LogP contribution in [0.5, 0.6) is 0 Å². The number of halogens is 2. The van der Waals surface area contributed by atoms with Crippen LogP contribution in [0.2, 0.25) is 0 Å². The van der Waals surface area contributed by atoms with E-state index in [1.807, 2.05) is 0 Å². The van der Waals surface area contributed by atoms with Gasteiger partial charge in [0.2, 0.25) is 0 Å². The Morgan fingerprint density at radius 2 is 1.96 bits per heavy atom. The van der Waals surface area contributed by atoms with Gasteiger partial charge in [0.1, 0.15) is 17.3 Å². The van der Waals surface area contributed by atoms with Crippen LogP contribution in [0.1, 0.15) is 32.1 Å². The molecule has 1 aromatic carbocycles. The van der Waals surface area contributed by atoms with E-state index in [4.69, 9.17) is 0 Å². The number of rotatable bonds is 5. The molecular weight excluding hydrogens is 322 g/mol. The zero-order valence-corrected chi connectivity index (χ0v) is 14.7. The third-order valence-corrected chi connectivity index (χ3v) is 5.95. The van der Waals surface area contributed by atoms with Crippen LogP contribution in [-0.4, -0.2) is 38.7 Å². The Bertz CT molecular complexity index is 647. The minimum absolute atomic E-state index is 0.0837. The number of para-hydroxylation sites is 1. The Balaban J connectivity index is 1.32. The van der Waals surface area contributed by atoms with Crippen LogP contribution in [0.15, 0.2) is 23.2 Å². The number of nitrogens with one attached hydrogen (secondary N) is 2. The maximum absolute atomic E-state index is 14.0. The van der Waals surface area contributed by atoms with E-state index < -0.39 is 11.6 Å². The summed E-state index contributed by atoms with van der Waals surface area (Å²) in [4.78, 5) is 6.10. The minimum atomic E-state index is -0.497. The van der Waals surface area contributed by atoms with Crippen molar-refractivity contribution in [1.82, 2.24) is 10.6 Å². The molecule has 0 spiro atoms. The fraction of sp³-hybridized carbons (Fsp3) is 0.632. The first-order valence-corrected chi connectivity index (χ1v) is 9.27. The lowest BCUT2D eigenvalue weighted by molar-refractivity contribution is 0.430. The number of nitrogens with zero attached hydrogens (tertiary/aromatic N) is 2. The molecule has 3 fully saturated rings. The van der Waals surface area contributed by atoms with Crippen molar-refractivity contribution >= 4 is 11.6 Å². The summed E-state index contributed by atoms with van der Waals surface area (Å²) in [6.45, 7) is 2.20. The number of benzene rings is 1. The highest BCUT2D eigenvalue weighted by atomic mass is 19.1. The summed E-state index contributed by atoms with van der Waals surface area (Å²) in [5, 5.41) is 6.89. The van der Waals surface area contributed by atoms with Gasteiger partial charge in [0.25, 0.3) is 0 Å². The molecule has 2 saturated carbocycles. The molecule has 1 aromatic rings. The largest absolute Gasteiger partial charge is 0.365 e. The Kier molecular flexibility index (Phi) is 4.29. The highest BCUT2D eigenvalue weighted by molar-refractivity contribution is 5.80. The van der Waals surface area contributed by atoms with Gasteiger partial charge in [-0.25, -0.2) is 8.78 Å². The van der Waals surface area contributed by atoms with Crippen molar-refractivity contribution in [2.24, 2.45) is 16.3 Å². The van der Waals surface area contributed by atoms with Crippen LogP contribution in [0.4, 0.5) is 14.5 Å². The van der Waals surface area contributed by atoms with Crippen molar-refractivity contribution in [2.75, 3.05) is 31.6 Å². The van der Waals surface area contributed by atoms with Gasteiger partial charge in [-0.05, 0) is 55.6 Å². The van der Waals surface area contributed by atoms with E-state index in [-0.39, 0.29) is 11.7 Å². The Hall–Kier alpha value is -1.85. The number of anilines is 1. The smallest absolute Gasteiger partial charge is 0.191 e. The molecule has 1 saturated heterocycles. The number of aliphatic imine (C=N–C) groups is 1. The molecule has 0 amide bonds. The molecule has 2 aliphatic carbocycles. The van der Waals surface area contributed by atoms with Crippen LogP contribution >= 0.6 is 0 Å². The van der Waals surface area contributed by atoms with Gasteiger partial charge in [0.05, 0.1) is 0 Å². The van der Waals surface area contributed by atoms with Crippen molar-refractivity contribution in [1.29, 1.82) is 0 Å². The van der Waals surface area contributed by atoms with Crippen LogP contribution in [-0.2, 0) is 0 Å². The molecule has 136 valence electrons. The predicted molar refractivity (Wildman–Crippen MR) is 95.9 cm³/mol. The van der Waals surface area contributed by atoms with Gasteiger partial charge in [0, 0.05) is 32.7 Å². The Morgan fingerprint density at radius 1 is 1.24 bits per heavy atom. The van der Waals surface area contributed by atoms with Crippen LogP contribution in [0, 0.1) is 23.0 Å². The molecule has 4 rings (SSSR count). The molecular formula is C19H26F2N4. The van der Waals surface area contributed by atoms with Gasteiger partial charge < -0.3 is 15.5 Å². The van der Waals surface area contributed by atoms with Gasteiger partial charge in [0.15, 0.2) is 5.96 Å². The molecule has 6 heteroatoms. The third-order valence-electron chi connectivity index (χ3n) is 5.95. The van der Waals surface area contributed by atoms with Crippen molar-refractivity contribution in [3.05, 3.63) is 29.8 Å². The monoisotopic (exact) mass is 348 g/mol. The quantitative estimate of drug-likeness (QED) is 0.635. The van der Waals surface area contributed by atoms with Crippen LogP contribution in [0.3, 0.4) is 0 Å². The molecule has 0 bridgehead atoms. The second-order valence-corrected chi connectivity index (χ2v) is 7.71. The molecule has 0 radical (unpaired) electrons. The zero-order chi connectivity index (χ0) is 17.4. The first-order valence-electron chi connectivity index (χ1n) is 9.27. The molecule has 3 aliphatic rings. The lowest BCUT2D eigenvalue weighted by atomic mass is 10.0. The van der Waals surface area contributed by atoms with Gasteiger partial charge in [-0.3, -0.25) is 4.99 Å². The standard InChI is InChI=1S/C19H26F2N4/c1-22-18(23-12-19(8-9-19)13-5-6-13)24-14-7-10-25(11-14)17-15(20)3-2-4-16(17)21/h2-4,13-14H,5-12H2,1H3,(H2,22,23,24). The molecule has 2 N–H and O–H groups in total. The van der Waals surface area contributed by atoms with E-state index >= 15 is 0 Å². The molecule has 1 atom stereocenters. The Morgan fingerprint density at radius 3 is 2.56 bits per heavy atom. The highest BCUT2D eigenvalue weighted by Gasteiger charge is 2.53. The Labute approximate surface area is 147 Å². The summed E-state index contributed by atoms with van der Waals surface area (Å²) in [6.07, 6.45) is 6.23. The third kappa shape index (κ3) is 3.44. The van der Waals surface area contributed by atoms with E-state index in [1.165, 1.54) is 43.9 Å². The average molecular weight is 348 g/mol. The average Bonchev–Trinajstić information content (AvgIpc) is 3.50. The number of guanidine groups is 1. The summed E-state index contributed by atoms with van der Waals surface area (Å²) in [5.41, 5.74) is 0.593. The molecule has 1 aliphatic heterocycles. The second kappa shape index (κ2) is 6.46. The van der Waals surface area contributed by atoms with Crippen molar-refractivity contribution in [3.8, 4) is 0 Å². The van der Waals surface area contributed by atoms with E-state index in [9.17, 15) is 8.78 Å². The van der Waals surface area contributed by atoms with Crippen molar-refractivity contribution in [2.45, 2.75) is 38.1 Å². The fourth-order valence-corrected chi connectivity index (χ4v) is 4.11. The lowest BCUT2D eigenvalue weighted by Gasteiger charge is -2.22. The lowest BCUT2D eigenvalue weighted by Crippen LogP contribution is -2.46. The first-order chi connectivity index (χ1) is 12.1. The first kappa shape index (κ1) is 16.6. The predicted octanol–water partition coefficient (Wildman–Crippen LogP) is 2.90. The van der Waals surface area contributed by atoms with E-state index in [1.54, 1.807) is 11.9 Å². The van der Waals surface area contributed by atoms with Gasteiger partial charge in [-0.15, -0.1) is 0 Å². The second-order valence-electron chi connectivity index (χ2n) is 7.71. The molecule has 1 unspecified atom stereocenters. The summed E-state index contributed by atoms with van der Waals surface area (Å²) in [5.74, 6) is 0.712. The maximum atomic E-state index is 14.0. The summed E-state index contributed by atoms with van der Waals surface area (Å²) >= 11 is 0. The molecule has 0 aromatic heterocycles. The minimum Gasteiger partial charge on any atom is -0.365 e. The van der Waals surface area contributed by atoms with Gasteiger partial charge in [-0.2, -0.15) is 0 Å². The zero-order valence-electron chi connectivity index (χ0n) is 14.7. The van der Waals surface area contributed by atoms with E-state index in [0.717, 1.165) is 24.8 Å². The topological polar surface area (TPSA) is 39.7 Å². The highest BCUT2D eigenvalue weighted by Crippen LogP contribution is 2.60. The summed E-state index contributed by atoms with van der Waals surface area (Å²) in [6, 6.07) is 4.17. The summed E-state index contributed by atoms with van der Waals surface area (Å²) in [7, 11) is 1.77. The SMILES string of the molecule is CN=C(NCC1(C2CC2)CC1)NC1CCN(c2c(F)cccc2F)C1. The number of hydrogen-bond donors (Lipinski definition) is 2. The molecule has 25 heavy (non-hydrogen) atoms. The van der Waals surface area contributed by atoms with Gasteiger partial charge >= 0.3 is 0 Å². The molecule has 1 heterocycles. The maximum Gasteiger partial charge on any atom is 0.191 e. The van der Waals surface area contributed by atoms with E-state index in [0.29, 0.717) is 18.5 Å². The fourth-order valence-electron chi connectivity index (χ4n) is 4.11. The van der Waals surface area contributed by atoms with Crippen LogP contribution < -0.4 is 15.5 Å². The molecule has 4 nitrogen and oxygen atoms in total. The van der Waals surface area contributed by atoms with Crippen molar-refractivity contribution in [3.63, 3.8) is 0 Å². The normalized spacial score (nSPS) is 25.2. The van der Waals surface area contributed by atoms with Gasteiger partial charge in [-0.1, -0.05) is 6.07 Å². The van der Waals surface area contributed by atoms with E-state index in [2.05, 4.69) is 15.6 Å².